The van der Waals surface area contributed by atoms with Crippen LogP contribution < -0.4 is 15.0 Å². The summed E-state index contributed by atoms with van der Waals surface area (Å²) < 4.78 is 5.24. The fraction of sp³-hybridized carbons (Fsp3) is 0.368. The summed E-state index contributed by atoms with van der Waals surface area (Å²) in [7, 11) is 1.70. The molecule has 0 spiro atoms. The Balaban J connectivity index is 1.85. The molecular weight excluding hydrogens is 304 g/mol. The smallest absolute Gasteiger partial charge is 0.118 e. The van der Waals surface area contributed by atoms with Gasteiger partial charge < -0.3 is 15.0 Å². The topological polar surface area (TPSA) is 24.5 Å². The second kappa shape index (κ2) is 7.28. The molecule has 0 bridgehead atoms. The number of anilines is 1. The lowest BCUT2D eigenvalue weighted by Crippen LogP contribution is -2.54. The molecule has 1 heterocycles. The third kappa shape index (κ3) is 3.82. The monoisotopic (exact) mass is 328 g/mol. The molecule has 1 N–H and O–H groups in total. The van der Waals surface area contributed by atoms with Crippen molar-refractivity contribution in [3.05, 3.63) is 48.5 Å². The Morgan fingerprint density at radius 1 is 1.09 bits per heavy atom. The van der Waals surface area contributed by atoms with Gasteiger partial charge in [0.25, 0.3) is 0 Å². The fourth-order valence-corrected chi connectivity index (χ4v) is 3.87. The van der Waals surface area contributed by atoms with Gasteiger partial charge >= 0.3 is 0 Å². The number of ether oxygens (including phenoxy) is 1. The van der Waals surface area contributed by atoms with Crippen molar-refractivity contribution in [2.24, 2.45) is 0 Å². The Labute approximate surface area is 143 Å². The lowest BCUT2D eigenvalue weighted by Gasteiger charge is -2.40. The molecule has 2 aromatic rings. The fourth-order valence-electron chi connectivity index (χ4n) is 2.91. The Bertz CT molecular complexity index is 644. The summed E-state index contributed by atoms with van der Waals surface area (Å²) in [5, 5.41) is 3.55. The minimum Gasteiger partial charge on any atom is -0.497 e. The van der Waals surface area contributed by atoms with E-state index in [9.17, 15) is 0 Å². The van der Waals surface area contributed by atoms with Crippen molar-refractivity contribution in [1.29, 1.82) is 0 Å². The van der Waals surface area contributed by atoms with E-state index in [0.717, 1.165) is 18.8 Å². The van der Waals surface area contributed by atoms with E-state index >= 15 is 0 Å². The first-order valence-electron chi connectivity index (χ1n) is 8.08. The van der Waals surface area contributed by atoms with Crippen LogP contribution in [0.15, 0.2) is 58.3 Å². The number of rotatable bonds is 4. The zero-order chi connectivity index (χ0) is 16.2. The zero-order valence-electron chi connectivity index (χ0n) is 14.0. The zero-order valence-corrected chi connectivity index (χ0v) is 14.8. The molecule has 122 valence electrons. The molecule has 2 atom stereocenters. The molecule has 0 unspecified atom stereocenters. The summed E-state index contributed by atoms with van der Waals surface area (Å²) in [6, 6.07) is 18.0. The van der Waals surface area contributed by atoms with E-state index in [1.807, 2.05) is 23.9 Å². The Morgan fingerprint density at radius 3 is 2.57 bits per heavy atom. The maximum absolute atomic E-state index is 5.24. The van der Waals surface area contributed by atoms with Gasteiger partial charge in [0, 0.05) is 35.0 Å². The Kier molecular flexibility index (Phi) is 5.13. The van der Waals surface area contributed by atoms with E-state index in [2.05, 4.69) is 60.5 Å². The van der Waals surface area contributed by atoms with Gasteiger partial charge in [0.1, 0.15) is 5.75 Å². The predicted molar refractivity (Wildman–Crippen MR) is 97.8 cm³/mol. The molecule has 4 heteroatoms. The van der Waals surface area contributed by atoms with E-state index in [1.54, 1.807) is 7.11 Å². The van der Waals surface area contributed by atoms with Crippen molar-refractivity contribution in [2.45, 2.75) is 35.7 Å². The number of nitrogens with zero attached hydrogens (tertiary/aromatic N) is 1. The van der Waals surface area contributed by atoms with Gasteiger partial charge in [-0.2, -0.15) is 0 Å². The van der Waals surface area contributed by atoms with Gasteiger partial charge in [-0.25, -0.2) is 0 Å². The van der Waals surface area contributed by atoms with Gasteiger partial charge in [0.05, 0.1) is 12.8 Å². The second-order valence-electron chi connectivity index (χ2n) is 6.06. The molecule has 0 saturated carbocycles. The molecule has 1 saturated heterocycles. The molecular formula is C19H24N2OS. The number of hydrogen-bond donors (Lipinski definition) is 1. The van der Waals surface area contributed by atoms with Gasteiger partial charge in [-0.15, -0.1) is 0 Å². The van der Waals surface area contributed by atoms with E-state index in [1.165, 1.54) is 15.5 Å². The standard InChI is InChI=1S/C19H24N2OS/c1-14-13-21(15(2)12-20-14)18-6-4-5-7-19(18)23-17-10-8-16(22-3)9-11-17/h4-11,14-15,20H,12-13H2,1-3H3/t14-,15+/m1/s1. The van der Waals surface area contributed by atoms with Crippen LogP contribution >= 0.6 is 11.8 Å². The van der Waals surface area contributed by atoms with Gasteiger partial charge in [0.2, 0.25) is 0 Å². The number of para-hydroxylation sites is 1. The molecule has 0 radical (unpaired) electrons. The average Bonchev–Trinajstić information content (AvgIpc) is 2.58. The first kappa shape index (κ1) is 16.2. The summed E-state index contributed by atoms with van der Waals surface area (Å²) >= 11 is 1.81. The molecule has 3 nitrogen and oxygen atoms in total. The number of methoxy groups -OCH3 is 1. The van der Waals surface area contributed by atoms with Gasteiger partial charge in [-0.1, -0.05) is 23.9 Å². The van der Waals surface area contributed by atoms with Crippen LogP contribution in [-0.2, 0) is 0 Å². The average molecular weight is 328 g/mol. The van der Waals surface area contributed by atoms with E-state index in [4.69, 9.17) is 4.74 Å². The highest BCUT2D eigenvalue weighted by molar-refractivity contribution is 7.99. The molecule has 0 amide bonds. The van der Waals surface area contributed by atoms with Crippen molar-refractivity contribution in [3.8, 4) is 5.75 Å². The number of hydrogen-bond acceptors (Lipinski definition) is 4. The van der Waals surface area contributed by atoms with Crippen molar-refractivity contribution in [2.75, 3.05) is 25.1 Å². The van der Waals surface area contributed by atoms with Crippen molar-refractivity contribution in [1.82, 2.24) is 5.32 Å². The van der Waals surface area contributed by atoms with Crippen LogP contribution in [0.2, 0.25) is 0 Å². The van der Waals surface area contributed by atoms with Gasteiger partial charge in [-0.05, 0) is 50.2 Å². The maximum atomic E-state index is 5.24. The molecule has 0 aromatic heterocycles. The third-order valence-corrected chi connectivity index (χ3v) is 5.30. The largest absolute Gasteiger partial charge is 0.497 e. The molecule has 1 fully saturated rings. The van der Waals surface area contributed by atoms with Crippen LogP contribution in [0.25, 0.3) is 0 Å². The number of nitrogens with one attached hydrogen (secondary N) is 1. The number of benzene rings is 2. The van der Waals surface area contributed by atoms with E-state index < -0.39 is 0 Å². The summed E-state index contributed by atoms with van der Waals surface area (Å²) in [6.07, 6.45) is 0. The van der Waals surface area contributed by atoms with Crippen LogP contribution in [0.3, 0.4) is 0 Å². The molecule has 1 aliphatic rings. The Morgan fingerprint density at radius 2 is 1.83 bits per heavy atom. The van der Waals surface area contributed by atoms with Crippen LogP contribution in [0.4, 0.5) is 5.69 Å². The summed E-state index contributed by atoms with van der Waals surface area (Å²) in [5.74, 6) is 0.896. The normalized spacial score (nSPS) is 21.3. The first-order chi connectivity index (χ1) is 11.2. The van der Waals surface area contributed by atoms with Crippen LogP contribution in [0.1, 0.15) is 13.8 Å². The highest BCUT2D eigenvalue weighted by Gasteiger charge is 2.24. The lowest BCUT2D eigenvalue weighted by atomic mass is 10.1. The number of piperazine rings is 1. The van der Waals surface area contributed by atoms with Crippen molar-refractivity contribution in [3.63, 3.8) is 0 Å². The molecule has 0 aliphatic carbocycles. The first-order valence-corrected chi connectivity index (χ1v) is 8.90. The van der Waals surface area contributed by atoms with E-state index in [-0.39, 0.29) is 0 Å². The molecule has 3 rings (SSSR count). The highest BCUT2D eigenvalue weighted by atomic mass is 32.2. The molecule has 2 aromatic carbocycles. The van der Waals surface area contributed by atoms with Crippen LogP contribution in [-0.4, -0.2) is 32.3 Å². The predicted octanol–water partition coefficient (Wildman–Crippen LogP) is 4.03. The van der Waals surface area contributed by atoms with Crippen LogP contribution in [0.5, 0.6) is 5.75 Å². The molecule has 23 heavy (non-hydrogen) atoms. The SMILES string of the molecule is COc1ccc(Sc2ccccc2N2C[C@@H](C)NC[C@@H]2C)cc1. The quantitative estimate of drug-likeness (QED) is 0.916. The second-order valence-corrected chi connectivity index (χ2v) is 7.17. The Hall–Kier alpha value is -1.65. The maximum Gasteiger partial charge on any atom is 0.118 e. The van der Waals surface area contributed by atoms with E-state index in [0.29, 0.717) is 12.1 Å². The highest BCUT2D eigenvalue weighted by Crippen LogP contribution is 2.37. The van der Waals surface area contributed by atoms with Gasteiger partial charge in [0.15, 0.2) is 0 Å². The third-order valence-electron chi connectivity index (χ3n) is 4.23. The van der Waals surface area contributed by atoms with Crippen molar-refractivity contribution >= 4 is 17.4 Å². The van der Waals surface area contributed by atoms with Gasteiger partial charge in [-0.3, -0.25) is 0 Å². The molecule has 1 aliphatic heterocycles. The van der Waals surface area contributed by atoms with Crippen molar-refractivity contribution < 1.29 is 4.74 Å². The summed E-state index contributed by atoms with van der Waals surface area (Å²) in [4.78, 5) is 5.06. The van der Waals surface area contributed by atoms with Crippen LogP contribution in [0, 0.1) is 0 Å². The lowest BCUT2D eigenvalue weighted by molar-refractivity contribution is 0.414. The minimum absolute atomic E-state index is 0.504. The minimum atomic E-state index is 0.504. The summed E-state index contributed by atoms with van der Waals surface area (Å²) in [6.45, 7) is 6.61. The summed E-state index contributed by atoms with van der Waals surface area (Å²) in [5.41, 5.74) is 1.33.